The molecule has 1 amide bonds. The van der Waals surface area contributed by atoms with Crippen LogP contribution in [0.5, 0.6) is 5.75 Å². The van der Waals surface area contributed by atoms with E-state index in [1.807, 2.05) is 6.92 Å². The predicted octanol–water partition coefficient (Wildman–Crippen LogP) is 1.24. The number of nitrogens with zero attached hydrogens (tertiary/aromatic N) is 4. The fourth-order valence-electron chi connectivity index (χ4n) is 2.58. The number of aryl methyl sites for hydroxylation is 2. The first-order chi connectivity index (χ1) is 12.6. The van der Waals surface area contributed by atoms with E-state index in [1.54, 1.807) is 30.8 Å². The van der Waals surface area contributed by atoms with E-state index in [-0.39, 0.29) is 22.8 Å². The van der Waals surface area contributed by atoms with Gasteiger partial charge >= 0.3 is 10.2 Å². The molecule has 0 spiro atoms. The standard InChI is InChI=1S/C17H19N5O4S/c1-10-5-6-16(23)14(7-10)19-17(24)15-8-13(20-27(25,26)22(15)4)12-9-18-21(3)11(12)2/h5-9,23H,1-4H3,(H,19,24). The van der Waals surface area contributed by atoms with Gasteiger partial charge in [-0.2, -0.15) is 13.5 Å². The first-order valence-electron chi connectivity index (χ1n) is 8.00. The summed E-state index contributed by atoms with van der Waals surface area (Å²) in [5, 5.41) is 16.5. The Morgan fingerprint density at radius 1 is 1.22 bits per heavy atom. The van der Waals surface area contributed by atoms with Gasteiger partial charge in [0.1, 0.15) is 11.4 Å². The highest BCUT2D eigenvalue weighted by Gasteiger charge is 2.31. The lowest BCUT2D eigenvalue weighted by molar-refractivity contribution is -0.113. The Bertz CT molecular complexity index is 1100. The van der Waals surface area contributed by atoms with Crippen molar-refractivity contribution in [3.8, 4) is 5.75 Å². The highest BCUT2D eigenvalue weighted by atomic mass is 32.2. The molecule has 1 aliphatic rings. The van der Waals surface area contributed by atoms with Crippen molar-refractivity contribution in [2.45, 2.75) is 13.8 Å². The molecule has 1 aromatic carbocycles. The van der Waals surface area contributed by atoms with E-state index in [0.29, 0.717) is 11.3 Å². The zero-order valence-corrected chi connectivity index (χ0v) is 16.1. The van der Waals surface area contributed by atoms with Crippen LogP contribution in [0.4, 0.5) is 5.69 Å². The van der Waals surface area contributed by atoms with Gasteiger partial charge in [-0.05, 0) is 37.6 Å². The predicted molar refractivity (Wildman–Crippen MR) is 101 cm³/mol. The minimum absolute atomic E-state index is 0.118. The molecule has 0 radical (unpaired) electrons. The van der Waals surface area contributed by atoms with E-state index < -0.39 is 16.1 Å². The Balaban J connectivity index is 2.02. The summed E-state index contributed by atoms with van der Waals surface area (Å²) in [7, 11) is -1.11. The van der Waals surface area contributed by atoms with E-state index in [2.05, 4.69) is 14.8 Å². The number of phenols is 1. The summed E-state index contributed by atoms with van der Waals surface area (Å²) < 4.78 is 31.0. The molecule has 9 nitrogen and oxygen atoms in total. The van der Waals surface area contributed by atoms with Gasteiger partial charge in [-0.3, -0.25) is 9.48 Å². The van der Waals surface area contributed by atoms with Gasteiger partial charge in [-0.25, -0.2) is 4.31 Å². The van der Waals surface area contributed by atoms with E-state index in [1.165, 1.54) is 25.4 Å². The molecule has 142 valence electrons. The van der Waals surface area contributed by atoms with Crippen molar-refractivity contribution in [1.82, 2.24) is 14.1 Å². The smallest absolute Gasteiger partial charge is 0.345 e. The normalized spacial score (nSPS) is 15.9. The van der Waals surface area contributed by atoms with Crippen LogP contribution in [-0.2, 0) is 22.1 Å². The number of phenolic OH excluding ortho intramolecular Hbond substituents is 1. The monoisotopic (exact) mass is 389 g/mol. The van der Waals surface area contributed by atoms with Crippen LogP contribution in [0.15, 0.2) is 40.6 Å². The second-order valence-electron chi connectivity index (χ2n) is 6.19. The summed E-state index contributed by atoms with van der Waals surface area (Å²) >= 11 is 0. The van der Waals surface area contributed by atoms with Crippen LogP contribution in [-0.4, -0.2) is 46.3 Å². The third-order valence-electron chi connectivity index (χ3n) is 4.32. The van der Waals surface area contributed by atoms with Crippen LogP contribution in [0.25, 0.3) is 0 Å². The van der Waals surface area contributed by atoms with E-state index in [9.17, 15) is 18.3 Å². The maximum Gasteiger partial charge on any atom is 0.345 e. The van der Waals surface area contributed by atoms with E-state index in [4.69, 9.17) is 0 Å². The summed E-state index contributed by atoms with van der Waals surface area (Å²) in [5.41, 5.74) is 2.24. The minimum atomic E-state index is -4.08. The number of aromatic hydroxyl groups is 1. The highest BCUT2D eigenvalue weighted by molar-refractivity contribution is 7.88. The molecule has 0 bridgehead atoms. The zero-order chi connectivity index (χ0) is 19.9. The molecule has 0 aliphatic carbocycles. The Morgan fingerprint density at radius 3 is 2.56 bits per heavy atom. The Hall–Kier alpha value is -3.14. The number of allylic oxidation sites excluding steroid dienone is 1. The molecule has 0 fully saturated rings. The van der Waals surface area contributed by atoms with Crippen LogP contribution in [0.3, 0.4) is 0 Å². The first-order valence-corrected chi connectivity index (χ1v) is 9.40. The second kappa shape index (κ2) is 6.54. The Labute approximate surface area is 156 Å². The number of anilines is 1. The lowest BCUT2D eigenvalue weighted by Gasteiger charge is -2.23. The van der Waals surface area contributed by atoms with Crippen LogP contribution in [0, 0.1) is 13.8 Å². The lowest BCUT2D eigenvalue weighted by atomic mass is 10.1. The van der Waals surface area contributed by atoms with Gasteiger partial charge in [0, 0.05) is 25.4 Å². The second-order valence-corrected chi connectivity index (χ2v) is 7.82. The van der Waals surface area contributed by atoms with Crippen molar-refractivity contribution in [1.29, 1.82) is 0 Å². The molecule has 10 heteroatoms. The number of hydrogen-bond donors (Lipinski definition) is 2. The van der Waals surface area contributed by atoms with Gasteiger partial charge < -0.3 is 10.4 Å². The molecule has 27 heavy (non-hydrogen) atoms. The summed E-state index contributed by atoms with van der Waals surface area (Å²) in [5.74, 6) is -0.802. The van der Waals surface area contributed by atoms with Crippen LogP contribution >= 0.6 is 0 Å². The lowest BCUT2D eigenvalue weighted by Crippen LogP contribution is -2.35. The molecule has 0 saturated carbocycles. The third kappa shape index (κ3) is 3.43. The first kappa shape index (κ1) is 18.6. The largest absolute Gasteiger partial charge is 0.506 e. The summed E-state index contributed by atoms with van der Waals surface area (Å²) in [6.07, 6.45) is 2.88. The minimum Gasteiger partial charge on any atom is -0.506 e. The Kier molecular flexibility index (Phi) is 4.52. The SMILES string of the molecule is Cc1ccc(O)c(NC(=O)C2=CC(c3cnn(C)c3C)=NS(=O)(=O)N2C)c1. The number of likely N-dealkylation sites (N-methyl/N-ethyl adjacent to an activating group) is 1. The molecule has 1 aliphatic heterocycles. The highest BCUT2D eigenvalue weighted by Crippen LogP contribution is 2.26. The molecule has 0 saturated heterocycles. The molecule has 1 aromatic heterocycles. The fourth-order valence-corrected chi connectivity index (χ4v) is 3.48. The number of amides is 1. The molecular weight excluding hydrogens is 370 g/mol. The summed E-state index contributed by atoms with van der Waals surface area (Å²) in [6, 6.07) is 4.73. The van der Waals surface area contributed by atoms with E-state index >= 15 is 0 Å². The van der Waals surface area contributed by atoms with Gasteiger partial charge in [0.25, 0.3) is 5.91 Å². The number of carbonyl (C=O) groups is 1. The van der Waals surface area contributed by atoms with Crippen molar-refractivity contribution in [3.63, 3.8) is 0 Å². The number of carbonyl (C=O) groups excluding carboxylic acids is 1. The number of nitrogens with one attached hydrogen (secondary N) is 1. The number of hydrogen-bond acceptors (Lipinski definition) is 5. The summed E-state index contributed by atoms with van der Waals surface area (Å²) in [6.45, 7) is 3.58. The van der Waals surface area contributed by atoms with Gasteiger partial charge in [0.05, 0.1) is 17.6 Å². The van der Waals surface area contributed by atoms with Gasteiger partial charge in [0.15, 0.2) is 0 Å². The zero-order valence-electron chi connectivity index (χ0n) is 15.3. The van der Waals surface area contributed by atoms with Crippen LogP contribution in [0.2, 0.25) is 0 Å². The molecule has 3 rings (SSSR count). The van der Waals surface area contributed by atoms with Crippen molar-refractivity contribution in [2.24, 2.45) is 11.4 Å². The number of aromatic nitrogens is 2. The molecular formula is C17H19N5O4S. The van der Waals surface area contributed by atoms with Crippen LogP contribution in [0.1, 0.15) is 16.8 Å². The molecule has 2 heterocycles. The Morgan fingerprint density at radius 2 is 1.93 bits per heavy atom. The van der Waals surface area contributed by atoms with E-state index in [0.717, 1.165) is 9.87 Å². The van der Waals surface area contributed by atoms with Gasteiger partial charge in [-0.1, -0.05) is 6.07 Å². The number of rotatable bonds is 3. The average Bonchev–Trinajstić information content (AvgIpc) is 2.92. The fraction of sp³-hybridized carbons (Fsp3) is 0.235. The molecule has 0 unspecified atom stereocenters. The average molecular weight is 389 g/mol. The van der Waals surface area contributed by atoms with Crippen molar-refractivity contribution >= 4 is 27.5 Å². The molecule has 2 N–H and O–H groups in total. The van der Waals surface area contributed by atoms with Gasteiger partial charge in [-0.15, -0.1) is 4.40 Å². The van der Waals surface area contributed by atoms with Crippen molar-refractivity contribution in [3.05, 3.63) is 53.0 Å². The maximum atomic E-state index is 12.7. The maximum absolute atomic E-state index is 12.7. The molecule has 2 aromatic rings. The topological polar surface area (TPSA) is 117 Å². The van der Waals surface area contributed by atoms with Crippen molar-refractivity contribution in [2.75, 3.05) is 12.4 Å². The number of benzene rings is 1. The van der Waals surface area contributed by atoms with Crippen molar-refractivity contribution < 1.29 is 18.3 Å². The van der Waals surface area contributed by atoms with Gasteiger partial charge in [0.2, 0.25) is 0 Å². The molecule has 0 atom stereocenters. The van der Waals surface area contributed by atoms with Crippen LogP contribution < -0.4 is 5.32 Å². The summed E-state index contributed by atoms with van der Waals surface area (Å²) in [4.78, 5) is 12.7. The quantitative estimate of drug-likeness (QED) is 0.766. The third-order valence-corrected chi connectivity index (χ3v) is 5.63.